The van der Waals surface area contributed by atoms with E-state index in [1.807, 2.05) is 13.0 Å². The van der Waals surface area contributed by atoms with Crippen LogP contribution in [0.2, 0.25) is 0 Å². The molecule has 1 rings (SSSR count). The first-order chi connectivity index (χ1) is 7.69. The summed E-state index contributed by atoms with van der Waals surface area (Å²) in [6, 6.07) is 5.50. The number of rotatable bonds is 6. The van der Waals surface area contributed by atoms with Crippen LogP contribution in [-0.2, 0) is 4.74 Å². The summed E-state index contributed by atoms with van der Waals surface area (Å²) in [6.45, 7) is 5.95. The molecule has 86 valence electrons. The van der Waals surface area contributed by atoms with Gasteiger partial charge in [-0.05, 0) is 19.1 Å². The number of hydrogen-bond donors (Lipinski definition) is 0. The number of ketones is 1. The average molecular weight is 220 g/mol. The van der Waals surface area contributed by atoms with Crippen molar-refractivity contribution in [3.05, 3.63) is 42.0 Å². The Morgan fingerprint density at radius 1 is 1.50 bits per heavy atom. The highest BCUT2D eigenvalue weighted by Gasteiger charge is 2.12. The van der Waals surface area contributed by atoms with Gasteiger partial charge in [-0.25, -0.2) is 0 Å². The number of carbonyl (C=O) groups is 1. The Bertz CT molecular complexity index is 383. The van der Waals surface area contributed by atoms with Gasteiger partial charge in [0.05, 0.1) is 5.56 Å². The number of aryl methyl sites for hydroxylation is 1. The van der Waals surface area contributed by atoms with Crippen LogP contribution in [0, 0.1) is 6.92 Å². The summed E-state index contributed by atoms with van der Waals surface area (Å²) in [5.74, 6) is 0.498. The molecular weight excluding hydrogens is 204 g/mol. The lowest BCUT2D eigenvalue weighted by atomic mass is 10.1. The van der Waals surface area contributed by atoms with Crippen LogP contribution in [0.15, 0.2) is 30.9 Å². The molecule has 0 fully saturated rings. The lowest BCUT2D eigenvalue weighted by Crippen LogP contribution is -2.10. The Kier molecular flexibility index (Phi) is 4.73. The predicted molar refractivity (Wildman–Crippen MR) is 63.1 cm³/mol. The Morgan fingerprint density at radius 2 is 2.25 bits per heavy atom. The molecular formula is C13H16O3. The molecule has 0 spiro atoms. The maximum atomic E-state index is 11.8. The first-order valence-electron chi connectivity index (χ1n) is 5.05. The third-order valence-electron chi connectivity index (χ3n) is 2.07. The van der Waals surface area contributed by atoms with Crippen LogP contribution in [-0.4, -0.2) is 26.1 Å². The number of benzene rings is 1. The van der Waals surface area contributed by atoms with Crippen molar-refractivity contribution in [2.75, 3.05) is 20.3 Å². The molecule has 0 saturated carbocycles. The van der Waals surface area contributed by atoms with E-state index in [9.17, 15) is 4.79 Å². The summed E-state index contributed by atoms with van der Waals surface area (Å²) >= 11 is 0. The Morgan fingerprint density at radius 3 is 2.88 bits per heavy atom. The van der Waals surface area contributed by atoms with Crippen LogP contribution < -0.4 is 4.74 Å². The van der Waals surface area contributed by atoms with Crippen molar-refractivity contribution < 1.29 is 14.3 Å². The average Bonchev–Trinajstić information content (AvgIpc) is 2.27. The normalized spacial score (nSPS) is 9.88. The van der Waals surface area contributed by atoms with Crippen molar-refractivity contribution in [1.29, 1.82) is 0 Å². The van der Waals surface area contributed by atoms with E-state index < -0.39 is 0 Å². The molecule has 3 nitrogen and oxygen atoms in total. The third kappa shape index (κ3) is 3.21. The summed E-state index contributed by atoms with van der Waals surface area (Å²) in [4.78, 5) is 11.8. The van der Waals surface area contributed by atoms with Gasteiger partial charge < -0.3 is 9.47 Å². The Hall–Kier alpha value is -1.61. The third-order valence-corrected chi connectivity index (χ3v) is 2.07. The van der Waals surface area contributed by atoms with E-state index in [4.69, 9.17) is 9.47 Å². The molecule has 0 atom stereocenters. The number of methoxy groups -OCH3 is 1. The van der Waals surface area contributed by atoms with Gasteiger partial charge in [-0.15, -0.1) is 0 Å². The second kappa shape index (κ2) is 6.08. The summed E-state index contributed by atoms with van der Waals surface area (Å²) in [5, 5.41) is 0. The van der Waals surface area contributed by atoms with Crippen LogP contribution in [0.1, 0.15) is 15.9 Å². The first-order valence-corrected chi connectivity index (χ1v) is 5.05. The van der Waals surface area contributed by atoms with Crippen LogP contribution >= 0.6 is 0 Å². The van der Waals surface area contributed by atoms with Gasteiger partial charge in [0.15, 0.2) is 5.78 Å². The topological polar surface area (TPSA) is 35.5 Å². The van der Waals surface area contributed by atoms with Crippen molar-refractivity contribution in [2.45, 2.75) is 6.92 Å². The molecule has 0 aliphatic carbocycles. The minimum absolute atomic E-state index is 0.0634. The Labute approximate surface area is 95.7 Å². The highest BCUT2D eigenvalue weighted by Crippen LogP contribution is 2.20. The van der Waals surface area contributed by atoms with E-state index in [0.29, 0.717) is 17.9 Å². The lowest BCUT2D eigenvalue weighted by molar-refractivity contribution is 0.0844. The van der Waals surface area contributed by atoms with E-state index in [1.165, 1.54) is 7.11 Å². The standard InChI is InChI=1S/C13H16O3/c1-4-7-16-13-6-5-10(2)8-11(13)12(14)9-15-3/h4-6,8H,1,7,9H2,2-3H3. The molecule has 16 heavy (non-hydrogen) atoms. The van der Waals surface area contributed by atoms with Gasteiger partial charge in [-0.2, -0.15) is 0 Å². The summed E-state index contributed by atoms with van der Waals surface area (Å²) < 4.78 is 10.2. The second-order valence-corrected chi connectivity index (χ2v) is 3.46. The fraction of sp³-hybridized carbons (Fsp3) is 0.308. The summed E-state index contributed by atoms with van der Waals surface area (Å²) in [6.07, 6.45) is 1.64. The molecule has 1 aromatic rings. The molecule has 0 aliphatic rings. The van der Waals surface area contributed by atoms with Crippen molar-refractivity contribution in [3.8, 4) is 5.75 Å². The fourth-order valence-electron chi connectivity index (χ4n) is 1.35. The molecule has 1 aromatic carbocycles. The van der Waals surface area contributed by atoms with Gasteiger partial charge in [0.25, 0.3) is 0 Å². The van der Waals surface area contributed by atoms with Gasteiger partial charge in [0, 0.05) is 7.11 Å². The van der Waals surface area contributed by atoms with Crippen molar-refractivity contribution in [1.82, 2.24) is 0 Å². The molecule has 0 bridgehead atoms. The SMILES string of the molecule is C=CCOc1ccc(C)cc1C(=O)COC. The van der Waals surface area contributed by atoms with Crippen LogP contribution in [0.25, 0.3) is 0 Å². The highest BCUT2D eigenvalue weighted by molar-refractivity contribution is 5.99. The maximum Gasteiger partial charge on any atom is 0.192 e. The maximum absolute atomic E-state index is 11.8. The molecule has 0 radical (unpaired) electrons. The van der Waals surface area contributed by atoms with Crippen LogP contribution in [0.4, 0.5) is 0 Å². The minimum atomic E-state index is -0.0785. The number of carbonyl (C=O) groups excluding carboxylic acids is 1. The lowest BCUT2D eigenvalue weighted by Gasteiger charge is -2.09. The van der Waals surface area contributed by atoms with Crippen molar-refractivity contribution in [2.24, 2.45) is 0 Å². The van der Waals surface area contributed by atoms with Gasteiger partial charge in [-0.1, -0.05) is 24.3 Å². The van der Waals surface area contributed by atoms with Gasteiger partial charge in [0.2, 0.25) is 0 Å². The van der Waals surface area contributed by atoms with E-state index in [2.05, 4.69) is 6.58 Å². The molecule has 0 aliphatic heterocycles. The molecule has 0 saturated heterocycles. The minimum Gasteiger partial charge on any atom is -0.489 e. The molecule has 0 amide bonds. The van der Waals surface area contributed by atoms with E-state index in [0.717, 1.165) is 5.56 Å². The Balaban J connectivity index is 2.97. The summed E-state index contributed by atoms with van der Waals surface area (Å²) in [7, 11) is 1.50. The number of Topliss-reactive ketones (excluding diaryl/α,β-unsaturated/α-hetero) is 1. The molecule has 0 unspecified atom stereocenters. The van der Waals surface area contributed by atoms with Gasteiger partial charge >= 0.3 is 0 Å². The molecule has 0 aromatic heterocycles. The quantitative estimate of drug-likeness (QED) is 0.545. The van der Waals surface area contributed by atoms with Crippen molar-refractivity contribution >= 4 is 5.78 Å². The zero-order valence-corrected chi connectivity index (χ0v) is 9.66. The fourth-order valence-corrected chi connectivity index (χ4v) is 1.35. The van der Waals surface area contributed by atoms with E-state index in [1.54, 1.807) is 18.2 Å². The zero-order chi connectivity index (χ0) is 12.0. The molecule has 0 heterocycles. The number of ether oxygens (including phenoxy) is 2. The van der Waals surface area contributed by atoms with E-state index >= 15 is 0 Å². The predicted octanol–water partition coefficient (Wildman–Crippen LogP) is 2.39. The van der Waals surface area contributed by atoms with Gasteiger partial charge in [-0.3, -0.25) is 4.79 Å². The molecule has 0 N–H and O–H groups in total. The first kappa shape index (κ1) is 12.5. The van der Waals surface area contributed by atoms with Gasteiger partial charge in [0.1, 0.15) is 19.0 Å². The highest BCUT2D eigenvalue weighted by atomic mass is 16.5. The van der Waals surface area contributed by atoms with Crippen LogP contribution in [0.5, 0.6) is 5.75 Å². The molecule has 3 heteroatoms. The van der Waals surface area contributed by atoms with Crippen LogP contribution in [0.3, 0.4) is 0 Å². The monoisotopic (exact) mass is 220 g/mol. The number of hydrogen-bond acceptors (Lipinski definition) is 3. The smallest absolute Gasteiger partial charge is 0.192 e. The zero-order valence-electron chi connectivity index (χ0n) is 9.66. The second-order valence-electron chi connectivity index (χ2n) is 3.46. The van der Waals surface area contributed by atoms with E-state index in [-0.39, 0.29) is 12.4 Å². The van der Waals surface area contributed by atoms with Crippen molar-refractivity contribution in [3.63, 3.8) is 0 Å². The largest absolute Gasteiger partial charge is 0.489 e. The summed E-state index contributed by atoms with van der Waals surface area (Å²) in [5.41, 5.74) is 1.58.